The smallest absolute Gasteiger partial charge is 0.408 e. The molecule has 0 aromatic heterocycles. The van der Waals surface area contributed by atoms with E-state index in [4.69, 9.17) is 4.74 Å². The molecule has 1 atom stereocenters. The first-order chi connectivity index (χ1) is 12.6. The zero-order valence-electron chi connectivity index (χ0n) is 16.3. The molecule has 5 nitrogen and oxygen atoms in total. The van der Waals surface area contributed by atoms with E-state index in [1.165, 1.54) is 5.56 Å². The van der Waals surface area contributed by atoms with Crippen molar-refractivity contribution >= 4 is 17.6 Å². The first-order valence-corrected chi connectivity index (χ1v) is 9.01. The summed E-state index contributed by atoms with van der Waals surface area (Å²) < 4.78 is 5.16. The molecule has 1 aromatic carbocycles. The van der Waals surface area contributed by atoms with Crippen molar-refractivity contribution in [3.63, 3.8) is 0 Å². The molecule has 0 fully saturated rings. The fourth-order valence-corrected chi connectivity index (χ4v) is 2.75. The van der Waals surface area contributed by atoms with Gasteiger partial charge in [-0.05, 0) is 50.8 Å². The molecule has 5 heteroatoms. The summed E-state index contributed by atoms with van der Waals surface area (Å²) in [6.45, 7) is 7.25. The van der Waals surface area contributed by atoms with Gasteiger partial charge in [-0.25, -0.2) is 9.59 Å². The Hall–Kier alpha value is -2.82. The number of amides is 1. The van der Waals surface area contributed by atoms with Gasteiger partial charge in [-0.1, -0.05) is 54.1 Å². The summed E-state index contributed by atoms with van der Waals surface area (Å²) in [6.07, 6.45) is 8.14. The van der Waals surface area contributed by atoms with Crippen molar-refractivity contribution in [2.24, 2.45) is 0 Å². The third-order valence-corrected chi connectivity index (χ3v) is 3.98. The number of ether oxygens (including phenoxy) is 1. The van der Waals surface area contributed by atoms with Crippen LogP contribution in [0.3, 0.4) is 0 Å². The Labute approximate surface area is 160 Å². The highest BCUT2D eigenvalue weighted by molar-refractivity contribution is 5.81. The molecule has 0 spiro atoms. The molecule has 144 valence electrons. The molecule has 2 rings (SSSR count). The van der Waals surface area contributed by atoms with Crippen LogP contribution in [0, 0.1) is 6.92 Å². The number of rotatable bonds is 5. The number of alkyl carbamates (subject to hydrolysis) is 1. The number of benzene rings is 1. The lowest BCUT2D eigenvalue weighted by molar-refractivity contribution is -0.139. The molecule has 0 bridgehead atoms. The lowest BCUT2D eigenvalue weighted by Crippen LogP contribution is -2.43. The highest BCUT2D eigenvalue weighted by atomic mass is 16.6. The quantitative estimate of drug-likeness (QED) is 0.793. The van der Waals surface area contributed by atoms with Crippen molar-refractivity contribution in [2.75, 3.05) is 0 Å². The molecule has 1 aromatic rings. The van der Waals surface area contributed by atoms with Gasteiger partial charge >= 0.3 is 12.1 Å². The van der Waals surface area contributed by atoms with Gasteiger partial charge in [-0.2, -0.15) is 0 Å². The second kappa shape index (κ2) is 8.71. The fraction of sp³-hybridized carbons (Fsp3) is 0.364. The predicted molar refractivity (Wildman–Crippen MR) is 106 cm³/mol. The Morgan fingerprint density at radius 3 is 2.59 bits per heavy atom. The highest BCUT2D eigenvalue weighted by Crippen LogP contribution is 2.23. The molecule has 27 heavy (non-hydrogen) atoms. The van der Waals surface area contributed by atoms with E-state index < -0.39 is 23.7 Å². The molecule has 2 N–H and O–H groups in total. The first-order valence-electron chi connectivity index (χ1n) is 9.01. The Morgan fingerprint density at radius 2 is 1.96 bits per heavy atom. The molecular formula is C22H27NO4. The number of allylic oxidation sites excluding steroid dienone is 5. The Bertz CT molecular complexity index is 797. The van der Waals surface area contributed by atoms with Crippen molar-refractivity contribution < 1.29 is 19.4 Å². The predicted octanol–water partition coefficient (Wildman–Crippen LogP) is 4.63. The Balaban J connectivity index is 2.05. The van der Waals surface area contributed by atoms with Crippen LogP contribution < -0.4 is 5.32 Å². The fourth-order valence-electron chi connectivity index (χ4n) is 2.75. The average molecular weight is 369 g/mol. The van der Waals surface area contributed by atoms with Crippen LogP contribution in [0.2, 0.25) is 0 Å². The van der Waals surface area contributed by atoms with Gasteiger partial charge in [0.15, 0.2) is 0 Å². The standard InChI is InChI=1S/C22H27NO4/c1-15-7-5-10-18(13-15)17-9-6-8-16(11-12-17)14-19(20(24)25)23-21(26)27-22(2,3)4/h5,7-13,19H,6,14H2,1-4H3,(H,23,26)(H,24,25). The van der Waals surface area contributed by atoms with Crippen molar-refractivity contribution in [1.29, 1.82) is 0 Å². The van der Waals surface area contributed by atoms with E-state index >= 15 is 0 Å². The van der Waals surface area contributed by atoms with E-state index in [1.54, 1.807) is 20.8 Å². The van der Waals surface area contributed by atoms with Crippen LogP contribution >= 0.6 is 0 Å². The molecule has 1 amide bonds. The molecule has 1 aliphatic rings. The van der Waals surface area contributed by atoms with Crippen LogP contribution in [0.5, 0.6) is 0 Å². The molecule has 0 radical (unpaired) electrons. The number of carboxylic acid groups (broad SMARTS) is 1. The van der Waals surface area contributed by atoms with Gasteiger partial charge in [0.2, 0.25) is 0 Å². The summed E-state index contributed by atoms with van der Waals surface area (Å²) in [5, 5.41) is 11.9. The van der Waals surface area contributed by atoms with Crippen LogP contribution in [-0.4, -0.2) is 28.8 Å². The zero-order valence-corrected chi connectivity index (χ0v) is 16.3. The second-order valence-corrected chi connectivity index (χ2v) is 7.62. The normalized spacial score (nSPS) is 15.3. The molecule has 0 heterocycles. The van der Waals surface area contributed by atoms with E-state index in [-0.39, 0.29) is 6.42 Å². The van der Waals surface area contributed by atoms with Crippen LogP contribution in [0.4, 0.5) is 4.79 Å². The monoisotopic (exact) mass is 369 g/mol. The van der Waals surface area contributed by atoms with Gasteiger partial charge in [-0.3, -0.25) is 0 Å². The zero-order chi connectivity index (χ0) is 20.0. The maximum absolute atomic E-state index is 11.9. The van der Waals surface area contributed by atoms with Gasteiger partial charge < -0.3 is 15.2 Å². The summed E-state index contributed by atoms with van der Waals surface area (Å²) in [5.74, 6) is -1.09. The van der Waals surface area contributed by atoms with E-state index in [0.29, 0.717) is 6.42 Å². The Kier molecular flexibility index (Phi) is 6.61. The van der Waals surface area contributed by atoms with Gasteiger partial charge in [0.05, 0.1) is 0 Å². The summed E-state index contributed by atoms with van der Waals surface area (Å²) in [7, 11) is 0. The van der Waals surface area contributed by atoms with E-state index in [2.05, 4.69) is 23.5 Å². The summed E-state index contributed by atoms with van der Waals surface area (Å²) in [6, 6.07) is 7.19. The van der Waals surface area contributed by atoms with Crippen LogP contribution in [0.15, 0.2) is 54.1 Å². The van der Waals surface area contributed by atoms with Crippen molar-refractivity contribution in [2.45, 2.75) is 52.2 Å². The number of nitrogens with one attached hydrogen (secondary N) is 1. The molecule has 0 aliphatic heterocycles. The van der Waals surface area contributed by atoms with Crippen LogP contribution in [-0.2, 0) is 9.53 Å². The largest absolute Gasteiger partial charge is 0.480 e. The number of carbonyl (C=O) groups excluding carboxylic acids is 1. The van der Waals surface area contributed by atoms with Crippen molar-refractivity contribution in [3.05, 3.63) is 65.3 Å². The first kappa shape index (κ1) is 20.5. The van der Waals surface area contributed by atoms with Gasteiger partial charge in [-0.15, -0.1) is 0 Å². The van der Waals surface area contributed by atoms with Crippen LogP contribution in [0.1, 0.15) is 44.7 Å². The maximum atomic E-state index is 11.9. The van der Waals surface area contributed by atoms with Crippen LogP contribution in [0.25, 0.3) is 5.57 Å². The topological polar surface area (TPSA) is 75.6 Å². The molecular weight excluding hydrogens is 342 g/mol. The summed E-state index contributed by atoms with van der Waals surface area (Å²) >= 11 is 0. The van der Waals surface area contributed by atoms with Gasteiger partial charge in [0, 0.05) is 6.42 Å². The van der Waals surface area contributed by atoms with Gasteiger partial charge in [0.25, 0.3) is 0 Å². The molecule has 1 unspecified atom stereocenters. The van der Waals surface area contributed by atoms with Crippen molar-refractivity contribution in [1.82, 2.24) is 5.32 Å². The average Bonchev–Trinajstić information content (AvgIpc) is 2.78. The van der Waals surface area contributed by atoms with Gasteiger partial charge in [0.1, 0.15) is 11.6 Å². The minimum absolute atomic E-state index is 0.194. The number of hydrogen-bond acceptors (Lipinski definition) is 3. The molecule has 0 saturated heterocycles. The summed E-state index contributed by atoms with van der Waals surface area (Å²) in [5.41, 5.74) is 3.59. The third-order valence-electron chi connectivity index (χ3n) is 3.98. The number of aryl methyl sites for hydroxylation is 1. The van der Waals surface area contributed by atoms with Crippen molar-refractivity contribution in [3.8, 4) is 0 Å². The lowest BCUT2D eigenvalue weighted by Gasteiger charge is -2.22. The minimum Gasteiger partial charge on any atom is -0.480 e. The summed E-state index contributed by atoms with van der Waals surface area (Å²) in [4.78, 5) is 23.5. The molecule has 1 aliphatic carbocycles. The molecule has 0 saturated carbocycles. The number of carbonyl (C=O) groups is 2. The van der Waals surface area contributed by atoms with E-state index in [1.807, 2.05) is 37.3 Å². The second-order valence-electron chi connectivity index (χ2n) is 7.62. The highest BCUT2D eigenvalue weighted by Gasteiger charge is 2.24. The minimum atomic E-state index is -1.09. The number of aliphatic carboxylic acids is 1. The number of hydrogen-bond donors (Lipinski definition) is 2. The Morgan fingerprint density at radius 1 is 1.22 bits per heavy atom. The van der Waals surface area contributed by atoms with E-state index in [9.17, 15) is 14.7 Å². The number of carboxylic acids is 1. The maximum Gasteiger partial charge on any atom is 0.408 e. The third kappa shape index (κ3) is 6.77. The lowest BCUT2D eigenvalue weighted by atomic mass is 10.0. The SMILES string of the molecule is Cc1cccc(C2=CCC=C(CC(NC(=O)OC(C)(C)C)C(=O)O)C=C2)c1. The van der Waals surface area contributed by atoms with E-state index in [0.717, 1.165) is 16.7 Å².